The molecule has 0 bridgehead atoms. The van der Waals surface area contributed by atoms with Crippen molar-refractivity contribution in [3.8, 4) is 6.01 Å². The monoisotopic (exact) mass is 363 g/mol. The lowest BCUT2D eigenvalue weighted by atomic mass is 9.81. The molecule has 1 aromatic rings. The predicted octanol–water partition coefficient (Wildman–Crippen LogP) is 1.00. The Balaban J connectivity index is 1.57. The van der Waals surface area contributed by atoms with Gasteiger partial charge in [-0.3, -0.25) is 4.90 Å². The van der Waals surface area contributed by atoms with Crippen LogP contribution in [0.5, 0.6) is 6.01 Å². The van der Waals surface area contributed by atoms with Crippen molar-refractivity contribution in [2.75, 3.05) is 26.3 Å². The van der Waals surface area contributed by atoms with Crippen molar-refractivity contribution in [3.63, 3.8) is 0 Å². The SMILES string of the molecule is CC1(C)OB(c2cnc(OC[C@@H]3CCCCN3CCO)nc2)OC1(C)C. The minimum atomic E-state index is -0.465. The lowest BCUT2D eigenvalue weighted by molar-refractivity contribution is 0.00578. The first-order chi connectivity index (χ1) is 12.3. The molecule has 0 unspecified atom stereocenters. The summed E-state index contributed by atoms with van der Waals surface area (Å²) in [5.74, 6) is 0. The Bertz CT molecular complexity index is 579. The number of rotatable bonds is 6. The van der Waals surface area contributed by atoms with E-state index in [1.54, 1.807) is 12.4 Å². The average Bonchev–Trinajstić information content (AvgIpc) is 2.82. The first kappa shape index (κ1) is 19.5. The van der Waals surface area contributed by atoms with E-state index in [0.29, 0.717) is 25.2 Å². The molecule has 1 aromatic heterocycles. The van der Waals surface area contributed by atoms with E-state index in [1.807, 2.05) is 27.7 Å². The van der Waals surface area contributed by atoms with Crippen molar-refractivity contribution in [1.29, 1.82) is 0 Å². The summed E-state index contributed by atoms with van der Waals surface area (Å²) < 4.78 is 17.8. The molecule has 0 aliphatic carbocycles. The Kier molecular flexibility index (Phi) is 5.86. The number of hydrogen-bond acceptors (Lipinski definition) is 7. The van der Waals surface area contributed by atoms with E-state index in [9.17, 15) is 5.11 Å². The van der Waals surface area contributed by atoms with Crippen molar-refractivity contribution >= 4 is 12.6 Å². The zero-order valence-electron chi connectivity index (χ0n) is 16.3. The maximum atomic E-state index is 9.20. The normalized spacial score (nSPS) is 25.4. The van der Waals surface area contributed by atoms with Gasteiger partial charge in [0.2, 0.25) is 0 Å². The van der Waals surface area contributed by atoms with Crippen LogP contribution < -0.4 is 10.2 Å². The summed E-state index contributed by atoms with van der Waals surface area (Å²) in [5.41, 5.74) is 0.0177. The summed E-state index contributed by atoms with van der Waals surface area (Å²) in [7, 11) is -0.465. The summed E-state index contributed by atoms with van der Waals surface area (Å²) >= 11 is 0. The highest BCUT2D eigenvalue weighted by atomic mass is 16.7. The van der Waals surface area contributed by atoms with Crippen LogP contribution >= 0.6 is 0 Å². The summed E-state index contributed by atoms with van der Waals surface area (Å²) in [6, 6.07) is 0.669. The van der Waals surface area contributed by atoms with Crippen molar-refractivity contribution in [3.05, 3.63) is 12.4 Å². The van der Waals surface area contributed by atoms with E-state index in [0.717, 1.165) is 18.4 Å². The molecule has 0 radical (unpaired) electrons. The molecular formula is C18H30BN3O4. The molecule has 0 saturated carbocycles. The maximum Gasteiger partial charge on any atom is 0.498 e. The van der Waals surface area contributed by atoms with Crippen molar-refractivity contribution in [2.24, 2.45) is 0 Å². The van der Waals surface area contributed by atoms with Gasteiger partial charge < -0.3 is 19.2 Å². The fourth-order valence-electron chi connectivity index (χ4n) is 3.34. The van der Waals surface area contributed by atoms with Gasteiger partial charge in [0, 0.05) is 30.4 Å². The average molecular weight is 363 g/mol. The molecule has 0 spiro atoms. The standard InChI is InChI=1S/C18H30BN3O4/c1-17(2)18(3,4)26-19(25-17)14-11-20-16(21-12-14)24-13-15-7-5-6-8-22(15)9-10-23/h11-12,15,23H,5-10,13H2,1-4H3/t15-/m0/s1. The topological polar surface area (TPSA) is 76.9 Å². The second-order valence-electron chi connectivity index (χ2n) is 8.11. The van der Waals surface area contributed by atoms with Crippen LogP contribution in [0, 0.1) is 0 Å². The largest absolute Gasteiger partial charge is 0.498 e. The number of ether oxygens (including phenoxy) is 1. The van der Waals surface area contributed by atoms with E-state index in [4.69, 9.17) is 14.0 Å². The first-order valence-corrected chi connectivity index (χ1v) is 9.48. The number of nitrogens with zero attached hydrogens (tertiary/aromatic N) is 3. The van der Waals surface area contributed by atoms with E-state index in [2.05, 4.69) is 14.9 Å². The van der Waals surface area contributed by atoms with E-state index in [-0.39, 0.29) is 17.8 Å². The zero-order chi connectivity index (χ0) is 18.8. The molecule has 2 aliphatic heterocycles. The molecule has 1 atom stereocenters. The minimum absolute atomic E-state index is 0.176. The Labute approximate surface area is 156 Å². The Morgan fingerprint density at radius 3 is 2.46 bits per heavy atom. The molecule has 2 aliphatic rings. The molecule has 0 amide bonds. The molecule has 3 rings (SSSR count). The number of β-amino-alcohol motifs (C(OH)–C–C–N with tert-alkyl or cyclic N) is 1. The number of aromatic nitrogens is 2. The number of piperidine rings is 1. The van der Waals surface area contributed by atoms with Gasteiger partial charge in [0.25, 0.3) is 0 Å². The lowest BCUT2D eigenvalue weighted by Crippen LogP contribution is -2.44. The van der Waals surface area contributed by atoms with Crippen molar-refractivity contribution in [1.82, 2.24) is 14.9 Å². The second kappa shape index (κ2) is 7.80. The summed E-state index contributed by atoms with van der Waals surface area (Å²) in [6.07, 6.45) is 6.85. The molecule has 26 heavy (non-hydrogen) atoms. The van der Waals surface area contributed by atoms with Crippen LogP contribution in [0.25, 0.3) is 0 Å². The smallest absolute Gasteiger partial charge is 0.462 e. The molecule has 1 N–H and O–H groups in total. The fourth-order valence-corrected chi connectivity index (χ4v) is 3.34. The van der Waals surface area contributed by atoms with Crippen LogP contribution in [0.1, 0.15) is 47.0 Å². The van der Waals surface area contributed by atoms with Crippen molar-refractivity contribution in [2.45, 2.75) is 64.2 Å². The summed E-state index contributed by atoms with van der Waals surface area (Å²) in [4.78, 5) is 10.9. The van der Waals surface area contributed by atoms with Gasteiger partial charge in [-0.25, -0.2) is 9.97 Å². The van der Waals surface area contributed by atoms with Gasteiger partial charge in [0.1, 0.15) is 6.61 Å². The molecule has 8 heteroatoms. The highest BCUT2D eigenvalue weighted by Crippen LogP contribution is 2.36. The molecule has 0 aromatic carbocycles. The van der Waals surface area contributed by atoms with E-state index >= 15 is 0 Å². The van der Waals surface area contributed by atoms with Gasteiger partial charge in [-0.15, -0.1) is 0 Å². The molecule has 144 valence electrons. The molecule has 3 heterocycles. The molecule has 7 nitrogen and oxygen atoms in total. The first-order valence-electron chi connectivity index (χ1n) is 9.48. The van der Waals surface area contributed by atoms with Gasteiger partial charge in [0.15, 0.2) is 0 Å². The van der Waals surface area contributed by atoms with Crippen LogP contribution in [0.15, 0.2) is 12.4 Å². The van der Waals surface area contributed by atoms with Gasteiger partial charge in [0.05, 0.1) is 17.8 Å². The van der Waals surface area contributed by atoms with Crippen LogP contribution in [0.3, 0.4) is 0 Å². The third-order valence-electron chi connectivity index (χ3n) is 5.71. The Morgan fingerprint density at radius 2 is 1.85 bits per heavy atom. The summed E-state index contributed by atoms with van der Waals surface area (Å²) in [5, 5.41) is 9.20. The van der Waals surface area contributed by atoms with Crippen LogP contribution in [-0.4, -0.2) is 70.6 Å². The second-order valence-corrected chi connectivity index (χ2v) is 8.11. The maximum absolute atomic E-state index is 9.20. The lowest BCUT2D eigenvalue weighted by Gasteiger charge is -2.34. The van der Waals surface area contributed by atoms with Crippen molar-refractivity contribution < 1.29 is 19.2 Å². The van der Waals surface area contributed by atoms with Crippen LogP contribution in [0.4, 0.5) is 0 Å². The van der Waals surface area contributed by atoms with Gasteiger partial charge in [-0.2, -0.15) is 0 Å². The third-order valence-corrected chi connectivity index (χ3v) is 5.71. The highest BCUT2D eigenvalue weighted by Gasteiger charge is 2.51. The Morgan fingerprint density at radius 1 is 1.19 bits per heavy atom. The number of likely N-dealkylation sites (tertiary alicyclic amines) is 1. The summed E-state index contributed by atoms with van der Waals surface area (Å²) in [6.45, 7) is 10.5. The third kappa shape index (κ3) is 4.19. The van der Waals surface area contributed by atoms with Gasteiger partial charge >= 0.3 is 13.1 Å². The molecule has 2 fully saturated rings. The highest BCUT2D eigenvalue weighted by molar-refractivity contribution is 6.61. The minimum Gasteiger partial charge on any atom is -0.462 e. The molecule has 2 saturated heterocycles. The van der Waals surface area contributed by atoms with Gasteiger partial charge in [-0.05, 0) is 47.1 Å². The fraction of sp³-hybridized carbons (Fsp3) is 0.778. The number of aliphatic hydroxyl groups excluding tert-OH is 1. The molecular weight excluding hydrogens is 333 g/mol. The van der Waals surface area contributed by atoms with E-state index in [1.165, 1.54) is 12.8 Å². The van der Waals surface area contributed by atoms with Crippen LogP contribution in [0.2, 0.25) is 0 Å². The number of hydrogen-bond donors (Lipinski definition) is 1. The van der Waals surface area contributed by atoms with E-state index < -0.39 is 7.12 Å². The Hall–Kier alpha value is -1.22. The predicted molar refractivity (Wildman–Crippen MR) is 99.5 cm³/mol. The van der Waals surface area contributed by atoms with Gasteiger partial charge in [-0.1, -0.05) is 6.42 Å². The zero-order valence-corrected chi connectivity index (χ0v) is 16.3. The van der Waals surface area contributed by atoms with Crippen LogP contribution in [-0.2, 0) is 9.31 Å². The quantitative estimate of drug-likeness (QED) is 0.756. The number of aliphatic hydroxyl groups is 1.